The maximum absolute atomic E-state index is 14.2. The van der Waals surface area contributed by atoms with Crippen molar-refractivity contribution in [3.63, 3.8) is 0 Å². The third-order valence-electron chi connectivity index (χ3n) is 4.92. The van der Waals surface area contributed by atoms with Crippen LogP contribution in [0.4, 0.5) is 15.9 Å². The highest BCUT2D eigenvalue weighted by Gasteiger charge is 2.37. The van der Waals surface area contributed by atoms with Gasteiger partial charge in [-0.1, -0.05) is 18.2 Å². The van der Waals surface area contributed by atoms with Crippen molar-refractivity contribution in [2.45, 2.75) is 20.3 Å². The molecule has 138 valence electrons. The number of anilines is 2. The van der Waals surface area contributed by atoms with E-state index in [1.165, 1.54) is 11.0 Å². The van der Waals surface area contributed by atoms with Gasteiger partial charge in [0.25, 0.3) is 0 Å². The van der Waals surface area contributed by atoms with Crippen LogP contribution in [0.3, 0.4) is 0 Å². The standard InChI is InChI=1S/C20H19FN4O2/c1-11-6-7-12(2)16(8-11)22-20(27)13-9-17(26)25(10-13)19-18-14(21)4-3-5-15(18)23-24-19/h3-8,13H,9-10H2,1-2H3,(H,22,27)(H,23,24). The van der Waals surface area contributed by atoms with Gasteiger partial charge in [-0.05, 0) is 43.2 Å². The van der Waals surface area contributed by atoms with E-state index in [0.29, 0.717) is 5.52 Å². The first kappa shape index (κ1) is 17.2. The predicted molar refractivity (Wildman–Crippen MR) is 101 cm³/mol. The van der Waals surface area contributed by atoms with Gasteiger partial charge in [0.15, 0.2) is 5.82 Å². The molecule has 4 rings (SSSR count). The van der Waals surface area contributed by atoms with Crippen LogP contribution < -0.4 is 10.2 Å². The number of rotatable bonds is 3. The summed E-state index contributed by atoms with van der Waals surface area (Å²) in [5, 5.41) is 10.0. The van der Waals surface area contributed by atoms with Crippen LogP contribution >= 0.6 is 0 Å². The summed E-state index contributed by atoms with van der Waals surface area (Å²) in [7, 11) is 0. The van der Waals surface area contributed by atoms with E-state index >= 15 is 0 Å². The number of halogens is 1. The molecule has 7 heteroatoms. The Kier molecular flexibility index (Phi) is 4.14. The van der Waals surface area contributed by atoms with Gasteiger partial charge in [-0.3, -0.25) is 19.6 Å². The van der Waals surface area contributed by atoms with Gasteiger partial charge >= 0.3 is 0 Å². The smallest absolute Gasteiger partial charge is 0.229 e. The topological polar surface area (TPSA) is 78.1 Å². The van der Waals surface area contributed by atoms with Crippen molar-refractivity contribution in [1.29, 1.82) is 0 Å². The van der Waals surface area contributed by atoms with E-state index < -0.39 is 11.7 Å². The highest BCUT2D eigenvalue weighted by Crippen LogP contribution is 2.32. The SMILES string of the molecule is Cc1ccc(C)c(NC(=O)C2CC(=O)N(c3n[nH]c4cccc(F)c34)C2)c1. The van der Waals surface area contributed by atoms with Crippen molar-refractivity contribution in [3.8, 4) is 0 Å². The van der Waals surface area contributed by atoms with Gasteiger partial charge in [0.1, 0.15) is 5.82 Å². The quantitative estimate of drug-likeness (QED) is 0.746. The average Bonchev–Trinajstić information content (AvgIpc) is 3.22. The Labute approximate surface area is 155 Å². The summed E-state index contributed by atoms with van der Waals surface area (Å²) in [6, 6.07) is 10.4. The molecule has 1 aliphatic heterocycles. The first-order valence-corrected chi connectivity index (χ1v) is 8.75. The van der Waals surface area contributed by atoms with Crippen molar-refractivity contribution < 1.29 is 14.0 Å². The number of benzene rings is 2. The maximum atomic E-state index is 14.2. The number of aryl methyl sites for hydroxylation is 2. The van der Waals surface area contributed by atoms with Gasteiger partial charge < -0.3 is 5.32 Å². The zero-order valence-corrected chi connectivity index (χ0v) is 15.0. The minimum atomic E-state index is -0.518. The van der Waals surface area contributed by atoms with E-state index in [0.717, 1.165) is 16.8 Å². The molecule has 27 heavy (non-hydrogen) atoms. The molecule has 1 saturated heterocycles. The molecule has 2 amide bonds. The van der Waals surface area contributed by atoms with Crippen molar-refractivity contribution in [3.05, 3.63) is 53.3 Å². The van der Waals surface area contributed by atoms with Gasteiger partial charge in [-0.25, -0.2) is 4.39 Å². The van der Waals surface area contributed by atoms with Crippen LogP contribution in [0, 0.1) is 25.6 Å². The largest absolute Gasteiger partial charge is 0.326 e. The molecule has 0 radical (unpaired) electrons. The molecule has 1 aliphatic rings. The molecule has 0 saturated carbocycles. The molecular weight excluding hydrogens is 347 g/mol. The van der Waals surface area contributed by atoms with Crippen molar-refractivity contribution in [1.82, 2.24) is 10.2 Å². The number of carbonyl (C=O) groups is 2. The molecule has 6 nitrogen and oxygen atoms in total. The number of hydrogen-bond donors (Lipinski definition) is 2. The molecule has 1 atom stereocenters. The molecule has 1 unspecified atom stereocenters. The molecule has 3 aromatic rings. The summed E-state index contributed by atoms with van der Waals surface area (Å²) in [6.07, 6.45) is 0.0690. The number of aromatic nitrogens is 2. The number of H-pyrrole nitrogens is 1. The molecule has 1 fully saturated rings. The third kappa shape index (κ3) is 3.05. The fraction of sp³-hybridized carbons (Fsp3) is 0.250. The summed E-state index contributed by atoms with van der Waals surface area (Å²) in [6.45, 7) is 4.04. The highest BCUT2D eigenvalue weighted by molar-refractivity contribution is 6.07. The lowest BCUT2D eigenvalue weighted by Gasteiger charge is -2.15. The second kappa shape index (κ2) is 6.50. The fourth-order valence-electron chi connectivity index (χ4n) is 3.40. The maximum Gasteiger partial charge on any atom is 0.229 e. The van der Waals surface area contributed by atoms with Gasteiger partial charge in [0.2, 0.25) is 11.8 Å². The monoisotopic (exact) mass is 366 g/mol. The zero-order chi connectivity index (χ0) is 19.1. The predicted octanol–water partition coefficient (Wildman–Crippen LogP) is 3.31. The number of aromatic amines is 1. The normalized spacial score (nSPS) is 16.9. The Hall–Kier alpha value is -3.22. The first-order chi connectivity index (χ1) is 12.9. The lowest BCUT2D eigenvalue weighted by atomic mass is 10.1. The molecular formula is C20H19FN4O2. The van der Waals surface area contributed by atoms with Gasteiger partial charge in [0, 0.05) is 18.7 Å². The van der Waals surface area contributed by atoms with Crippen LogP contribution in [0.5, 0.6) is 0 Å². The summed E-state index contributed by atoms with van der Waals surface area (Å²) in [5.74, 6) is -1.20. The van der Waals surface area contributed by atoms with Crippen LogP contribution in [0.15, 0.2) is 36.4 Å². The Morgan fingerprint density at radius 1 is 1.30 bits per heavy atom. The summed E-state index contributed by atoms with van der Waals surface area (Å²) in [5.41, 5.74) is 3.25. The van der Waals surface area contributed by atoms with Crippen molar-refractivity contribution >= 4 is 34.2 Å². The van der Waals surface area contributed by atoms with E-state index in [2.05, 4.69) is 15.5 Å². The number of carbonyl (C=O) groups excluding carboxylic acids is 2. The average molecular weight is 366 g/mol. The van der Waals surface area contributed by atoms with Crippen molar-refractivity contribution in [2.24, 2.45) is 5.92 Å². The molecule has 0 spiro atoms. The third-order valence-corrected chi connectivity index (χ3v) is 4.92. The number of nitrogens with zero attached hydrogens (tertiary/aromatic N) is 2. The summed E-state index contributed by atoms with van der Waals surface area (Å²) < 4.78 is 14.2. The summed E-state index contributed by atoms with van der Waals surface area (Å²) in [4.78, 5) is 26.5. The lowest BCUT2D eigenvalue weighted by Crippen LogP contribution is -2.28. The molecule has 2 N–H and O–H groups in total. The second-order valence-electron chi connectivity index (χ2n) is 6.92. The highest BCUT2D eigenvalue weighted by atomic mass is 19.1. The van der Waals surface area contributed by atoms with E-state index in [9.17, 15) is 14.0 Å². The molecule has 2 heterocycles. The Morgan fingerprint density at radius 3 is 2.93 bits per heavy atom. The van der Waals surface area contributed by atoms with E-state index in [1.807, 2.05) is 32.0 Å². The van der Waals surface area contributed by atoms with Crippen LogP contribution in [0.25, 0.3) is 10.9 Å². The fourth-order valence-corrected chi connectivity index (χ4v) is 3.40. The number of fused-ring (bicyclic) bond motifs is 1. The van der Waals surface area contributed by atoms with Gasteiger partial charge in [-0.15, -0.1) is 0 Å². The zero-order valence-electron chi connectivity index (χ0n) is 15.0. The Bertz CT molecular complexity index is 1060. The van der Waals surface area contributed by atoms with E-state index in [-0.39, 0.29) is 36.0 Å². The first-order valence-electron chi connectivity index (χ1n) is 8.75. The van der Waals surface area contributed by atoms with Crippen LogP contribution in [-0.4, -0.2) is 28.6 Å². The van der Waals surface area contributed by atoms with E-state index in [4.69, 9.17) is 0 Å². The Balaban J connectivity index is 1.57. The van der Waals surface area contributed by atoms with Crippen LogP contribution in [-0.2, 0) is 9.59 Å². The summed E-state index contributed by atoms with van der Waals surface area (Å²) >= 11 is 0. The minimum absolute atomic E-state index is 0.0690. The van der Waals surface area contributed by atoms with E-state index in [1.54, 1.807) is 12.1 Å². The molecule has 0 aliphatic carbocycles. The lowest BCUT2D eigenvalue weighted by molar-refractivity contribution is -0.122. The molecule has 0 bridgehead atoms. The van der Waals surface area contributed by atoms with Gasteiger partial charge in [0.05, 0.1) is 16.8 Å². The second-order valence-corrected chi connectivity index (χ2v) is 6.92. The van der Waals surface area contributed by atoms with Crippen LogP contribution in [0.1, 0.15) is 17.5 Å². The van der Waals surface area contributed by atoms with Crippen LogP contribution in [0.2, 0.25) is 0 Å². The van der Waals surface area contributed by atoms with Gasteiger partial charge in [-0.2, -0.15) is 5.10 Å². The number of nitrogens with one attached hydrogen (secondary N) is 2. The van der Waals surface area contributed by atoms with Crippen molar-refractivity contribution in [2.75, 3.05) is 16.8 Å². The number of hydrogen-bond acceptors (Lipinski definition) is 3. The minimum Gasteiger partial charge on any atom is -0.326 e. The molecule has 2 aromatic carbocycles. The number of amides is 2. The Morgan fingerprint density at radius 2 is 2.11 bits per heavy atom. The molecule has 1 aromatic heterocycles.